The van der Waals surface area contributed by atoms with Gasteiger partial charge in [0, 0.05) is 54.2 Å². The molecule has 2 aliphatic rings. The molecule has 1 N–H and O–H groups in total. The highest BCUT2D eigenvalue weighted by molar-refractivity contribution is 7.98. The summed E-state index contributed by atoms with van der Waals surface area (Å²) in [5, 5.41) is 8.13. The molecule has 1 aromatic heterocycles. The van der Waals surface area contributed by atoms with Crippen LogP contribution >= 0.6 is 11.8 Å². The summed E-state index contributed by atoms with van der Waals surface area (Å²) < 4.78 is 1.87. The number of nitrogens with one attached hydrogen (secondary N) is 1. The van der Waals surface area contributed by atoms with Gasteiger partial charge in [0.1, 0.15) is 0 Å². The lowest BCUT2D eigenvalue weighted by Gasteiger charge is -2.34. The van der Waals surface area contributed by atoms with Crippen LogP contribution < -0.4 is 10.2 Å². The molecule has 0 aliphatic carbocycles. The molecule has 1 fully saturated rings. The third-order valence-corrected chi connectivity index (χ3v) is 6.69. The molecular weight excluding hydrogens is 440 g/mol. The monoisotopic (exact) mass is 474 g/mol. The summed E-state index contributed by atoms with van der Waals surface area (Å²) in [7, 11) is 2.18. The van der Waals surface area contributed by atoms with Crippen LogP contribution in [0.4, 0.5) is 17.3 Å². The Hall–Kier alpha value is -3.03. The van der Waals surface area contributed by atoms with Gasteiger partial charge in [0.15, 0.2) is 5.82 Å². The van der Waals surface area contributed by atoms with Gasteiger partial charge >= 0.3 is 0 Å². The molecule has 2 aliphatic heterocycles. The largest absolute Gasteiger partial charge is 0.369 e. The van der Waals surface area contributed by atoms with Crippen molar-refractivity contribution in [1.29, 1.82) is 0 Å². The van der Waals surface area contributed by atoms with Crippen molar-refractivity contribution in [2.45, 2.75) is 25.2 Å². The number of anilines is 3. The molecule has 0 spiro atoms. The molecule has 1 saturated heterocycles. The average Bonchev–Trinajstić information content (AvgIpc) is 3.17. The SMILES string of the molecule is CC.CSc1ccc(C2=CCC=Cn3nc(Nc4cccc(N5CCN(C)CC5)c4)nc32)cc1. The molecule has 178 valence electrons. The van der Waals surface area contributed by atoms with Gasteiger partial charge in [-0.3, -0.25) is 0 Å². The van der Waals surface area contributed by atoms with Gasteiger partial charge in [0.05, 0.1) is 0 Å². The second-order valence-electron chi connectivity index (χ2n) is 8.14. The van der Waals surface area contributed by atoms with Crippen LogP contribution in [0.15, 0.2) is 65.6 Å². The Balaban J connectivity index is 0.00000133. The molecule has 3 heterocycles. The lowest BCUT2D eigenvalue weighted by molar-refractivity contribution is 0.313. The second-order valence-corrected chi connectivity index (χ2v) is 9.02. The molecule has 0 unspecified atom stereocenters. The number of allylic oxidation sites excluding steroid dienone is 2. The third-order valence-electron chi connectivity index (χ3n) is 5.95. The number of benzene rings is 2. The van der Waals surface area contributed by atoms with Crippen molar-refractivity contribution in [2.24, 2.45) is 0 Å². The maximum atomic E-state index is 4.85. The Labute approximate surface area is 207 Å². The van der Waals surface area contributed by atoms with E-state index in [2.05, 4.69) is 89.1 Å². The van der Waals surface area contributed by atoms with Crippen LogP contribution in [0.2, 0.25) is 0 Å². The second kappa shape index (κ2) is 11.4. The number of hydrogen-bond acceptors (Lipinski definition) is 6. The van der Waals surface area contributed by atoms with E-state index < -0.39 is 0 Å². The number of aromatic nitrogens is 3. The van der Waals surface area contributed by atoms with Crippen LogP contribution in [-0.2, 0) is 0 Å². The van der Waals surface area contributed by atoms with E-state index in [1.807, 2.05) is 24.7 Å². The van der Waals surface area contributed by atoms with Crippen LogP contribution in [0.3, 0.4) is 0 Å². The zero-order valence-electron chi connectivity index (χ0n) is 20.5. The first-order chi connectivity index (χ1) is 16.7. The van der Waals surface area contributed by atoms with Gasteiger partial charge in [0.2, 0.25) is 5.95 Å². The molecule has 5 rings (SSSR count). The van der Waals surface area contributed by atoms with Gasteiger partial charge in [-0.15, -0.1) is 16.9 Å². The maximum Gasteiger partial charge on any atom is 0.247 e. The van der Waals surface area contributed by atoms with Gasteiger partial charge in [0.25, 0.3) is 0 Å². The number of nitrogens with zero attached hydrogens (tertiary/aromatic N) is 5. The van der Waals surface area contributed by atoms with E-state index in [0.717, 1.165) is 55.2 Å². The summed E-state index contributed by atoms with van der Waals surface area (Å²) >= 11 is 1.75. The number of likely N-dealkylation sites (N-methyl/N-ethyl adjacent to an activating group) is 1. The number of fused-ring (bicyclic) bond motifs is 1. The van der Waals surface area contributed by atoms with Crippen molar-refractivity contribution in [3.63, 3.8) is 0 Å². The Morgan fingerprint density at radius 2 is 1.74 bits per heavy atom. The Bertz CT molecular complexity index is 1140. The minimum Gasteiger partial charge on any atom is -0.369 e. The van der Waals surface area contributed by atoms with Gasteiger partial charge in [-0.05, 0) is 55.6 Å². The summed E-state index contributed by atoms with van der Waals surface area (Å²) in [4.78, 5) is 10.9. The molecular formula is C27H34N6S. The summed E-state index contributed by atoms with van der Waals surface area (Å²) in [6.07, 6.45) is 9.28. The number of hydrogen-bond donors (Lipinski definition) is 1. The van der Waals surface area contributed by atoms with Crippen molar-refractivity contribution in [1.82, 2.24) is 19.7 Å². The molecule has 6 nitrogen and oxygen atoms in total. The van der Waals surface area contributed by atoms with Crippen molar-refractivity contribution in [3.05, 3.63) is 72.1 Å². The smallest absolute Gasteiger partial charge is 0.247 e. The van der Waals surface area contributed by atoms with Crippen molar-refractivity contribution >= 4 is 40.9 Å². The first-order valence-electron chi connectivity index (χ1n) is 12.0. The Morgan fingerprint density at radius 3 is 2.47 bits per heavy atom. The zero-order valence-corrected chi connectivity index (χ0v) is 21.3. The van der Waals surface area contributed by atoms with E-state index in [1.165, 1.54) is 10.6 Å². The van der Waals surface area contributed by atoms with E-state index >= 15 is 0 Å². The first kappa shape index (κ1) is 24.1. The molecule has 0 atom stereocenters. The van der Waals surface area contributed by atoms with E-state index in [0.29, 0.717) is 5.95 Å². The van der Waals surface area contributed by atoms with Crippen LogP contribution in [0.1, 0.15) is 31.7 Å². The highest BCUT2D eigenvalue weighted by atomic mass is 32.2. The van der Waals surface area contributed by atoms with Crippen LogP contribution in [0, 0.1) is 0 Å². The fraction of sp³-hybridized carbons (Fsp3) is 0.333. The lowest BCUT2D eigenvalue weighted by atomic mass is 10.0. The zero-order chi connectivity index (χ0) is 23.9. The summed E-state index contributed by atoms with van der Waals surface area (Å²) in [6.45, 7) is 8.27. The average molecular weight is 475 g/mol. The highest BCUT2D eigenvalue weighted by Crippen LogP contribution is 2.29. The Kier molecular flexibility index (Phi) is 8.08. The fourth-order valence-electron chi connectivity index (χ4n) is 4.09. The predicted octanol–water partition coefficient (Wildman–Crippen LogP) is 5.83. The molecule has 0 bridgehead atoms. The highest BCUT2D eigenvalue weighted by Gasteiger charge is 2.18. The van der Waals surface area contributed by atoms with Gasteiger partial charge in [-0.1, -0.05) is 44.2 Å². The summed E-state index contributed by atoms with van der Waals surface area (Å²) in [6, 6.07) is 17.2. The number of piperazine rings is 1. The van der Waals surface area contributed by atoms with Gasteiger partial charge in [-0.2, -0.15) is 4.98 Å². The minimum atomic E-state index is 0.605. The van der Waals surface area contributed by atoms with E-state index in [1.54, 1.807) is 11.8 Å². The van der Waals surface area contributed by atoms with Crippen LogP contribution in [0.5, 0.6) is 0 Å². The molecule has 0 amide bonds. The summed E-state index contributed by atoms with van der Waals surface area (Å²) in [5.41, 5.74) is 4.50. The van der Waals surface area contributed by atoms with E-state index in [4.69, 9.17) is 10.1 Å². The quantitative estimate of drug-likeness (QED) is 0.470. The molecule has 3 aromatic rings. The lowest BCUT2D eigenvalue weighted by Crippen LogP contribution is -2.44. The standard InChI is InChI=1S/C25H28N6S.C2H6/c1-29-14-16-30(17-15-29)21-7-5-6-20(18-21)26-25-27-24-23(8-3-4-13-31(24)28-25)19-9-11-22(32-2)12-10-19;1-2/h4-13,18H,3,14-17H2,1-2H3,(H,26,28);1-2H3. The number of rotatable bonds is 5. The van der Waals surface area contributed by atoms with E-state index in [9.17, 15) is 0 Å². The first-order valence-corrected chi connectivity index (χ1v) is 13.2. The van der Waals surface area contributed by atoms with Crippen molar-refractivity contribution < 1.29 is 0 Å². The molecule has 2 aromatic carbocycles. The topological polar surface area (TPSA) is 49.2 Å². The molecule has 0 saturated carbocycles. The molecule has 7 heteroatoms. The van der Waals surface area contributed by atoms with Gasteiger partial charge < -0.3 is 15.1 Å². The number of thioether (sulfide) groups is 1. The van der Waals surface area contributed by atoms with Crippen molar-refractivity contribution in [2.75, 3.05) is 49.7 Å². The minimum absolute atomic E-state index is 0.605. The summed E-state index contributed by atoms with van der Waals surface area (Å²) in [5.74, 6) is 1.46. The Morgan fingerprint density at radius 1 is 0.971 bits per heavy atom. The fourth-order valence-corrected chi connectivity index (χ4v) is 4.50. The van der Waals surface area contributed by atoms with E-state index in [-0.39, 0.29) is 0 Å². The normalized spacial score (nSPS) is 15.6. The molecule has 0 radical (unpaired) electrons. The maximum absolute atomic E-state index is 4.85. The van der Waals surface area contributed by atoms with Crippen LogP contribution in [0.25, 0.3) is 11.8 Å². The molecule has 34 heavy (non-hydrogen) atoms. The van der Waals surface area contributed by atoms with Crippen LogP contribution in [-0.4, -0.2) is 59.1 Å². The third kappa shape index (κ3) is 5.54. The predicted molar refractivity (Wildman–Crippen MR) is 146 cm³/mol. The van der Waals surface area contributed by atoms with Gasteiger partial charge in [-0.25, -0.2) is 4.68 Å². The van der Waals surface area contributed by atoms with Crippen molar-refractivity contribution in [3.8, 4) is 0 Å².